The summed E-state index contributed by atoms with van der Waals surface area (Å²) in [7, 11) is 0. The van der Waals surface area contributed by atoms with Crippen LogP contribution in [0.2, 0.25) is 0 Å². The second kappa shape index (κ2) is 16.9. The molecule has 0 aromatic rings. The normalized spacial score (nSPS) is 13.7. The summed E-state index contributed by atoms with van der Waals surface area (Å²) >= 11 is 0. The highest BCUT2D eigenvalue weighted by Gasteiger charge is 2.01. The van der Waals surface area contributed by atoms with E-state index in [4.69, 9.17) is 6.42 Å². The number of unbranched alkanes of at least 4 members (excludes halogenated alkanes) is 10. The molecule has 1 nitrogen and oxygen atoms in total. The van der Waals surface area contributed by atoms with Crippen molar-refractivity contribution in [2.45, 2.75) is 116 Å². The summed E-state index contributed by atoms with van der Waals surface area (Å²) in [6.07, 6.45) is 24.4. The van der Waals surface area contributed by atoms with Gasteiger partial charge in [0.15, 0.2) is 0 Å². The van der Waals surface area contributed by atoms with Crippen LogP contribution in [0.5, 0.6) is 0 Å². The van der Waals surface area contributed by atoms with Gasteiger partial charge in [0.1, 0.15) is 6.10 Å². The summed E-state index contributed by atoms with van der Waals surface area (Å²) in [6, 6.07) is 0. The Bertz CT molecular complexity index is 253. The van der Waals surface area contributed by atoms with Crippen LogP contribution in [0, 0.1) is 18.3 Å². The molecule has 0 amide bonds. The molecule has 22 heavy (non-hydrogen) atoms. The lowest BCUT2D eigenvalue weighted by Crippen LogP contribution is -2.01. The minimum absolute atomic E-state index is 0.523. The van der Waals surface area contributed by atoms with Crippen LogP contribution >= 0.6 is 0 Å². The summed E-state index contributed by atoms with van der Waals surface area (Å²) < 4.78 is 0. The summed E-state index contributed by atoms with van der Waals surface area (Å²) in [6.45, 7) is 4.70. The fourth-order valence-electron chi connectivity index (χ4n) is 3.02. The first-order chi connectivity index (χ1) is 10.7. The first-order valence-electron chi connectivity index (χ1n) is 9.84. The molecule has 0 bridgehead atoms. The Morgan fingerprint density at radius 1 is 0.727 bits per heavy atom. The second-order valence-corrected chi connectivity index (χ2v) is 7.04. The quantitative estimate of drug-likeness (QED) is 0.255. The number of hydrogen-bond donors (Lipinski definition) is 1. The lowest BCUT2D eigenvalue weighted by molar-refractivity contribution is 0.217. The molecule has 0 unspecified atom stereocenters. The topological polar surface area (TPSA) is 20.2 Å². The van der Waals surface area contributed by atoms with Crippen LogP contribution < -0.4 is 0 Å². The molecule has 0 aliphatic carbocycles. The fourth-order valence-corrected chi connectivity index (χ4v) is 3.02. The Morgan fingerprint density at radius 2 is 1.14 bits per heavy atom. The van der Waals surface area contributed by atoms with Gasteiger partial charge in [0, 0.05) is 0 Å². The molecule has 0 heterocycles. The summed E-state index contributed by atoms with van der Waals surface area (Å²) in [5.41, 5.74) is 0. The van der Waals surface area contributed by atoms with E-state index in [0.29, 0.717) is 0 Å². The Morgan fingerprint density at radius 3 is 1.59 bits per heavy atom. The number of aliphatic hydroxyl groups excluding tert-OH is 1. The van der Waals surface area contributed by atoms with Crippen molar-refractivity contribution in [2.24, 2.45) is 5.92 Å². The summed E-state index contributed by atoms with van der Waals surface area (Å²) in [5.74, 6) is 3.31. The maximum absolute atomic E-state index is 9.24. The van der Waals surface area contributed by atoms with Crippen molar-refractivity contribution >= 4 is 0 Å². The van der Waals surface area contributed by atoms with Gasteiger partial charge in [0.25, 0.3) is 0 Å². The molecule has 0 aliphatic heterocycles. The van der Waals surface area contributed by atoms with E-state index in [-0.39, 0.29) is 0 Å². The van der Waals surface area contributed by atoms with Crippen LogP contribution in [0.25, 0.3) is 0 Å². The highest BCUT2D eigenvalue weighted by atomic mass is 16.3. The lowest BCUT2D eigenvalue weighted by atomic mass is 9.97. The Hall–Kier alpha value is -0.480. The first kappa shape index (κ1) is 21.5. The zero-order valence-electron chi connectivity index (χ0n) is 15.3. The molecule has 0 aliphatic rings. The fraction of sp³-hybridized carbons (Fsp3) is 0.905. The van der Waals surface area contributed by atoms with Gasteiger partial charge in [0.05, 0.1) is 0 Å². The number of hydrogen-bond acceptors (Lipinski definition) is 1. The molecule has 0 aromatic heterocycles. The number of terminal acetylenes is 1. The molecule has 0 fully saturated rings. The van der Waals surface area contributed by atoms with E-state index in [2.05, 4.69) is 19.8 Å². The van der Waals surface area contributed by atoms with Crippen molar-refractivity contribution in [3.05, 3.63) is 0 Å². The highest BCUT2D eigenvalue weighted by Crippen LogP contribution is 2.17. The predicted octanol–water partition coefficient (Wildman–Crippen LogP) is 6.49. The Labute approximate surface area is 140 Å². The van der Waals surface area contributed by atoms with Crippen molar-refractivity contribution in [3.63, 3.8) is 0 Å². The summed E-state index contributed by atoms with van der Waals surface area (Å²) in [5, 5.41) is 9.24. The van der Waals surface area contributed by atoms with Gasteiger partial charge in [-0.05, 0) is 18.8 Å². The van der Waals surface area contributed by atoms with Crippen LogP contribution in [0.3, 0.4) is 0 Å². The van der Waals surface area contributed by atoms with E-state index >= 15 is 0 Å². The molecular weight excluding hydrogens is 268 g/mol. The molecule has 0 saturated carbocycles. The third-order valence-corrected chi connectivity index (χ3v) is 4.67. The van der Waals surface area contributed by atoms with Crippen LogP contribution in [0.4, 0.5) is 0 Å². The highest BCUT2D eigenvalue weighted by molar-refractivity contribution is 4.92. The zero-order chi connectivity index (χ0) is 16.5. The average molecular weight is 309 g/mol. The monoisotopic (exact) mass is 308 g/mol. The van der Waals surface area contributed by atoms with Gasteiger partial charge < -0.3 is 5.11 Å². The standard InChI is InChI=1S/C21H40O/c1-4-6-17-20(3)18-15-13-11-9-7-8-10-12-14-16-19-21(22)5-2/h2,20-22H,4,6-19H2,1,3H3/t20-,21-/m0/s1. The largest absolute Gasteiger partial charge is 0.380 e. The molecule has 1 heteroatoms. The maximum Gasteiger partial charge on any atom is 0.114 e. The molecule has 0 spiro atoms. The van der Waals surface area contributed by atoms with E-state index < -0.39 is 6.10 Å². The van der Waals surface area contributed by atoms with Crippen LogP contribution in [-0.2, 0) is 0 Å². The first-order valence-corrected chi connectivity index (χ1v) is 9.84. The molecule has 0 rings (SSSR count). The van der Waals surface area contributed by atoms with Crippen molar-refractivity contribution in [1.82, 2.24) is 0 Å². The van der Waals surface area contributed by atoms with Crippen LogP contribution in [-0.4, -0.2) is 11.2 Å². The SMILES string of the molecule is C#C[C@H](O)CCCCCCCCCCCC[C@@H](C)CCCC. The van der Waals surface area contributed by atoms with Gasteiger partial charge in [-0.1, -0.05) is 103 Å². The van der Waals surface area contributed by atoms with Gasteiger partial charge in [-0.15, -0.1) is 6.42 Å². The number of aliphatic hydroxyl groups is 1. The molecule has 2 atom stereocenters. The third kappa shape index (κ3) is 15.9. The minimum Gasteiger partial charge on any atom is -0.380 e. The van der Waals surface area contributed by atoms with Gasteiger partial charge in [-0.3, -0.25) is 0 Å². The maximum atomic E-state index is 9.24. The predicted molar refractivity (Wildman–Crippen MR) is 98.9 cm³/mol. The molecule has 0 saturated heterocycles. The molecule has 130 valence electrons. The molecule has 0 radical (unpaired) electrons. The van der Waals surface area contributed by atoms with Gasteiger partial charge in [-0.25, -0.2) is 0 Å². The van der Waals surface area contributed by atoms with Crippen molar-refractivity contribution in [3.8, 4) is 12.3 Å². The second-order valence-electron chi connectivity index (χ2n) is 7.04. The molecular formula is C21H40O. The Kier molecular flexibility index (Phi) is 16.5. The van der Waals surface area contributed by atoms with Crippen molar-refractivity contribution < 1.29 is 5.11 Å². The Balaban J connectivity index is 3.10. The smallest absolute Gasteiger partial charge is 0.114 e. The van der Waals surface area contributed by atoms with Gasteiger partial charge in [-0.2, -0.15) is 0 Å². The summed E-state index contributed by atoms with van der Waals surface area (Å²) in [4.78, 5) is 0. The minimum atomic E-state index is -0.523. The van der Waals surface area contributed by atoms with Crippen LogP contribution in [0.15, 0.2) is 0 Å². The van der Waals surface area contributed by atoms with Gasteiger partial charge in [0.2, 0.25) is 0 Å². The molecule has 1 N–H and O–H groups in total. The van der Waals surface area contributed by atoms with E-state index in [0.717, 1.165) is 18.8 Å². The third-order valence-electron chi connectivity index (χ3n) is 4.67. The van der Waals surface area contributed by atoms with Crippen molar-refractivity contribution in [2.75, 3.05) is 0 Å². The van der Waals surface area contributed by atoms with E-state index in [1.165, 1.54) is 83.5 Å². The van der Waals surface area contributed by atoms with Gasteiger partial charge >= 0.3 is 0 Å². The average Bonchev–Trinajstić information content (AvgIpc) is 2.53. The lowest BCUT2D eigenvalue weighted by Gasteiger charge is -2.10. The van der Waals surface area contributed by atoms with E-state index in [9.17, 15) is 5.11 Å². The van der Waals surface area contributed by atoms with E-state index in [1.54, 1.807) is 0 Å². The zero-order valence-corrected chi connectivity index (χ0v) is 15.3. The van der Waals surface area contributed by atoms with Crippen molar-refractivity contribution in [1.29, 1.82) is 0 Å². The van der Waals surface area contributed by atoms with E-state index in [1.807, 2.05) is 0 Å². The van der Waals surface area contributed by atoms with Crippen LogP contribution in [0.1, 0.15) is 110 Å². The molecule has 0 aromatic carbocycles. The number of rotatable bonds is 16.